The van der Waals surface area contributed by atoms with Crippen molar-refractivity contribution in [1.29, 1.82) is 5.41 Å². The van der Waals surface area contributed by atoms with E-state index in [4.69, 9.17) is 5.41 Å². The second-order valence-electron chi connectivity index (χ2n) is 2.77. The maximum atomic E-state index is 7.74. The number of para-hydroxylation sites is 1. The molecule has 74 valence electrons. The second kappa shape index (κ2) is 4.57. The second-order valence-corrected chi connectivity index (χ2v) is 3.80. The number of halogens is 1. The molecular formula is C10H11BrN2S. The SMILES string of the molecule is Br.C=CCn1c(=N)sc2ccccc21. The van der Waals surface area contributed by atoms with Gasteiger partial charge in [0.25, 0.3) is 0 Å². The molecule has 0 saturated heterocycles. The van der Waals surface area contributed by atoms with Gasteiger partial charge < -0.3 is 4.57 Å². The summed E-state index contributed by atoms with van der Waals surface area (Å²) in [5.41, 5.74) is 1.12. The summed E-state index contributed by atoms with van der Waals surface area (Å²) < 4.78 is 3.11. The first kappa shape index (κ1) is 11.2. The van der Waals surface area contributed by atoms with Crippen LogP contribution in [-0.4, -0.2) is 4.57 Å². The molecule has 0 fully saturated rings. The van der Waals surface area contributed by atoms with E-state index in [-0.39, 0.29) is 17.0 Å². The monoisotopic (exact) mass is 270 g/mol. The molecule has 1 aromatic heterocycles. The van der Waals surface area contributed by atoms with Gasteiger partial charge in [-0.15, -0.1) is 23.6 Å². The van der Waals surface area contributed by atoms with E-state index in [0.29, 0.717) is 11.3 Å². The number of nitrogens with zero attached hydrogens (tertiary/aromatic N) is 1. The van der Waals surface area contributed by atoms with E-state index in [2.05, 4.69) is 6.58 Å². The standard InChI is InChI=1S/C10H10N2S.BrH/c1-2-7-12-8-5-3-4-6-9(8)13-10(12)11;/h2-6,11H,1,7H2;1H. The Morgan fingerprint density at radius 3 is 2.86 bits per heavy atom. The van der Waals surface area contributed by atoms with Crippen molar-refractivity contribution in [2.45, 2.75) is 6.54 Å². The van der Waals surface area contributed by atoms with E-state index >= 15 is 0 Å². The van der Waals surface area contributed by atoms with Crippen LogP contribution in [0.15, 0.2) is 36.9 Å². The molecule has 0 atom stereocenters. The summed E-state index contributed by atoms with van der Waals surface area (Å²) in [4.78, 5) is 0.584. The summed E-state index contributed by atoms with van der Waals surface area (Å²) in [5.74, 6) is 0. The summed E-state index contributed by atoms with van der Waals surface area (Å²) >= 11 is 1.50. The van der Waals surface area contributed by atoms with Crippen LogP contribution in [0.3, 0.4) is 0 Å². The van der Waals surface area contributed by atoms with Crippen LogP contribution >= 0.6 is 28.3 Å². The van der Waals surface area contributed by atoms with Gasteiger partial charge in [0.1, 0.15) is 0 Å². The number of hydrogen-bond donors (Lipinski definition) is 1. The average Bonchev–Trinajstić information content (AvgIpc) is 2.44. The Balaban J connectivity index is 0.000000980. The van der Waals surface area contributed by atoms with Crippen LogP contribution in [0.1, 0.15) is 0 Å². The van der Waals surface area contributed by atoms with E-state index in [1.807, 2.05) is 34.9 Å². The summed E-state index contributed by atoms with van der Waals surface area (Å²) in [5, 5.41) is 7.74. The largest absolute Gasteiger partial charge is 0.313 e. The fourth-order valence-electron chi connectivity index (χ4n) is 1.35. The number of benzene rings is 1. The van der Waals surface area contributed by atoms with Gasteiger partial charge >= 0.3 is 0 Å². The normalized spacial score (nSPS) is 9.71. The quantitative estimate of drug-likeness (QED) is 0.814. The van der Waals surface area contributed by atoms with E-state index in [0.717, 1.165) is 10.2 Å². The Bertz CT molecular complexity index is 498. The fraction of sp³-hybridized carbons (Fsp3) is 0.100. The lowest BCUT2D eigenvalue weighted by Gasteiger charge is -1.98. The number of nitrogens with one attached hydrogen (secondary N) is 1. The molecule has 2 aromatic rings. The third-order valence-electron chi connectivity index (χ3n) is 1.92. The van der Waals surface area contributed by atoms with Crippen molar-refractivity contribution >= 4 is 38.5 Å². The molecule has 0 unspecified atom stereocenters. The molecule has 0 saturated carbocycles. The molecule has 1 N–H and O–H groups in total. The summed E-state index contributed by atoms with van der Waals surface area (Å²) in [6.07, 6.45) is 1.82. The Kier molecular flexibility index (Phi) is 3.66. The molecule has 0 aliphatic heterocycles. The van der Waals surface area contributed by atoms with Gasteiger partial charge in [-0.1, -0.05) is 29.5 Å². The number of allylic oxidation sites excluding steroid dienone is 1. The molecule has 0 aliphatic carbocycles. The highest BCUT2D eigenvalue weighted by molar-refractivity contribution is 8.93. The third kappa shape index (κ3) is 1.81. The summed E-state index contributed by atoms with van der Waals surface area (Å²) in [6.45, 7) is 4.40. The molecule has 1 heterocycles. The minimum atomic E-state index is 0. The summed E-state index contributed by atoms with van der Waals surface area (Å²) in [7, 11) is 0. The van der Waals surface area contributed by atoms with Gasteiger partial charge in [0.05, 0.1) is 10.2 Å². The first-order valence-corrected chi connectivity index (χ1v) is 4.88. The van der Waals surface area contributed by atoms with Crippen LogP contribution in [0.25, 0.3) is 10.2 Å². The Hall–Kier alpha value is -0.870. The first-order valence-electron chi connectivity index (χ1n) is 4.07. The highest BCUT2D eigenvalue weighted by Gasteiger charge is 2.01. The van der Waals surface area contributed by atoms with Crippen LogP contribution in [0.2, 0.25) is 0 Å². The maximum Gasteiger partial charge on any atom is 0.183 e. The van der Waals surface area contributed by atoms with Crippen LogP contribution < -0.4 is 4.80 Å². The third-order valence-corrected chi connectivity index (χ3v) is 2.90. The number of aromatic nitrogens is 1. The topological polar surface area (TPSA) is 28.8 Å². The lowest BCUT2D eigenvalue weighted by Crippen LogP contribution is -2.11. The van der Waals surface area contributed by atoms with Gasteiger partial charge in [-0.25, -0.2) is 0 Å². The maximum absolute atomic E-state index is 7.74. The predicted octanol–water partition coefficient (Wildman–Crippen LogP) is 2.95. The summed E-state index contributed by atoms with van der Waals surface area (Å²) in [6, 6.07) is 8.07. The molecular weight excluding hydrogens is 260 g/mol. The van der Waals surface area contributed by atoms with Crippen molar-refractivity contribution in [3.63, 3.8) is 0 Å². The minimum Gasteiger partial charge on any atom is -0.313 e. The van der Waals surface area contributed by atoms with Gasteiger partial charge in [-0.05, 0) is 12.1 Å². The molecule has 0 amide bonds. The van der Waals surface area contributed by atoms with E-state index < -0.39 is 0 Å². The fourth-order valence-corrected chi connectivity index (χ4v) is 2.27. The van der Waals surface area contributed by atoms with Crippen molar-refractivity contribution in [3.05, 3.63) is 41.7 Å². The zero-order chi connectivity index (χ0) is 9.26. The molecule has 1 aromatic carbocycles. The zero-order valence-electron chi connectivity index (χ0n) is 7.56. The van der Waals surface area contributed by atoms with Gasteiger partial charge in [0, 0.05) is 6.54 Å². The number of fused-ring (bicyclic) bond motifs is 1. The van der Waals surface area contributed by atoms with Gasteiger partial charge in [-0.2, -0.15) is 0 Å². The highest BCUT2D eigenvalue weighted by atomic mass is 79.9. The Labute approximate surface area is 96.8 Å². The average molecular weight is 271 g/mol. The van der Waals surface area contributed by atoms with Crippen LogP contribution in [0, 0.1) is 5.41 Å². The number of rotatable bonds is 2. The van der Waals surface area contributed by atoms with Crippen molar-refractivity contribution in [2.24, 2.45) is 0 Å². The lowest BCUT2D eigenvalue weighted by atomic mass is 10.3. The molecule has 0 bridgehead atoms. The molecule has 14 heavy (non-hydrogen) atoms. The molecule has 0 radical (unpaired) electrons. The highest BCUT2D eigenvalue weighted by Crippen LogP contribution is 2.15. The number of hydrogen-bond acceptors (Lipinski definition) is 2. The first-order chi connectivity index (χ1) is 6.33. The van der Waals surface area contributed by atoms with Crippen LogP contribution in [0.4, 0.5) is 0 Å². The van der Waals surface area contributed by atoms with Crippen molar-refractivity contribution < 1.29 is 0 Å². The van der Waals surface area contributed by atoms with Crippen molar-refractivity contribution in [1.82, 2.24) is 4.57 Å². The van der Waals surface area contributed by atoms with E-state index in [1.54, 1.807) is 0 Å². The van der Waals surface area contributed by atoms with Crippen molar-refractivity contribution in [3.8, 4) is 0 Å². The number of thiazole rings is 1. The van der Waals surface area contributed by atoms with E-state index in [1.165, 1.54) is 11.3 Å². The minimum absolute atomic E-state index is 0. The molecule has 2 rings (SSSR count). The van der Waals surface area contributed by atoms with Crippen LogP contribution in [-0.2, 0) is 6.54 Å². The Morgan fingerprint density at radius 1 is 1.43 bits per heavy atom. The van der Waals surface area contributed by atoms with E-state index in [9.17, 15) is 0 Å². The van der Waals surface area contributed by atoms with Crippen molar-refractivity contribution in [2.75, 3.05) is 0 Å². The smallest absolute Gasteiger partial charge is 0.183 e. The van der Waals surface area contributed by atoms with Crippen LogP contribution in [0.5, 0.6) is 0 Å². The molecule has 0 spiro atoms. The molecule has 4 heteroatoms. The Morgan fingerprint density at radius 2 is 2.14 bits per heavy atom. The van der Waals surface area contributed by atoms with Gasteiger partial charge in [0.2, 0.25) is 0 Å². The zero-order valence-corrected chi connectivity index (χ0v) is 10.1. The lowest BCUT2D eigenvalue weighted by molar-refractivity contribution is 0.812. The van der Waals surface area contributed by atoms with Gasteiger partial charge in [0.15, 0.2) is 4.80 Å². The molecule has 2 nitrogen and oxygen atoms in total. The molecule has 0 aliphatic rings. The van der Waals surface area contributed by atoms with Gasteiger partial charge in [-0.3, -0.25) is 5.41 Å². The predicted molar refractivity (Wildman–Crippen MR) is 66.2 cm³/mol.